The molecule has 3 aromatic heterocycles. The van der Waals surface area contributed by atoms with Crippen LogP contribution in [0, 0.1) is 20.8 Å². The zero-order valence-electron chi connectivity index (χ0n) is 13.1. The molecule has 0 N–H and O–H groups in total. The Morgan fingerprint density at radius 2 is 2.04 bits per heavy atom. The van der Waals surface area contributed by atoms with E-state index in [1.165, 1.54) is 6.07 Å². The second-order valence-electron chi connectivity index (χ2n) is 5.46. The highest BCUT2D eigenvalue weighted by atomic mass is 16.5. The molecular formula is C17H16N2O4. The van der Waals surface area contributed by atoms with E-state index in [2.05, 4.69) is 4.98 Å². The number of fused-ring (bicyclic) bond motifs is 1. The van der Waals surface area contributed by atoms with Crippen LogP contribution in [-0.2, 0) is 11.3 Å². The van der Waals surface area contributed by atoms with Crippen LogP contribution in [0.25, 0.3) is 5.65 Å². The maximum atomic E-state index is 12.2. The lowest BCUT2D eigenvalue weighted by atomic mass is 10.1. The predicted octanol–water partition coefficient (Wildman–Crippen LogP) is 2.57. The summed E-state index contributed by atoms with van der Waals surface area (Å²) in [6.45, 7) is 5.29. The molecule has 0 aromatic carbocycles. The Kier molecular flexibility index (Phi) is 3.73. The molecule has 3 rings (SSSR count). The summed E-state index contributed by atoms with van der Waals surface area (Å²) >= 11 is 0. The molecule has 3 heterocycles. The number of pyridine rings is 1. The van der Waals surface area contributed by atoms with Crippen molar-refractivity contribution in [3.05, 3.63) is 69.2 Å². The van der Waals surface area contributed by atoms with Crippen LogP contribution in [0.1, 0.15) is 32.9 Å². The largest absolute Gasteiger partial charge is 0.455 e. The highest BCUT2D eigenvalue weighted by Crippen LogP contribution is 2.14. The van der Waals surface area contributed by atoms with Gasteiger partial charge in [-0.1, -0.05) is 6.07 Å². The number of ether oxygens (including phenoxy) is 1. The minimum Gasteiger partial charge on any atom is -0.455 e. The molecule has 0 aliphatic heterocycles. The number of esters is 1. The Morgan fingerprint density at radius 3 is 2.78 bits per heavy atom. The van der Waals surface area contributed by atoms with Crippen molar-refractivity contribution in [1.82, 2.24) is 9.38 Å². The van der Waals surface area contributed by atoms with E-state index in [9.17, 15) is 9.59 Å². The first-order chi connectivity index (χ1) is 10.9. The standard InChI is InChI=1S/C17H16N2O4/c1-10-4-5-14-18-13(8-19(14)7-10)9-22-17(21)16-11(2)6-15(20)23-12(16)3/h4-8H,9H2,1-3H3. The van der Waals surface area contributed by atoms with E-state index in [0.717, 1.165) is 11.2 Å². The van der Waals surface area contributed by atoms with Gasteiger partial charge in [0.05, 0.1) is 5.69 Å². The Bertz CT molecular complexity index is 927. The fraction of sp³-hybridized carbons (Fsp3) is 0.235. The van der Waals surface area contributed by atoms with Crippen LogP contribution in [-0.4, -0.2) is 15.4 Å². The lowest BCUT2D eigenvalue weighted by molar-refractivity contribution is 0.0462. The van der Waals surface area contributed by atoms with Crippen molar-refractivity contribution >= 4 is 11.6 Å². The number of hydrogen-bond donors (Lipinski definition) is 0. The van der Waals surface area contributed by atoms with Crippen LogP contribution in [0.3, 0.4) is 0 Å². The molecule has 0 atom stereocenters. The van der Waals surface area contributed by atoms with E-state index >= 15 is 0 Å². The van der Waals surface area contributed by atoms with E-state index in [1.54, 1.807) is 13.8 Å². The van der Waals surface area contributed by atoms with Gasteiger partial charge in [-0.2, -0.15) is 0 Å². The number of carbonyl (C=O) groups excluding carboxylic acids is 1. The van der Waals surface area contributed by atoms with Crippen molar-refractivity contribution in [2.45, 2.75) is 27.4 Å². The maximum absolute atomic E-state index is 12.2. The van der Waals surface area contributed by atoms with Crippen LogP contribution < -0.4 is 5.63 Å². The van der Waals surface area contributed by atoms with Crippen molar-refractivity contribution in [3.63, 3.8) is 0 Å². The molecule has 118 valence electrons. The van der Waals surface area contributed by atoms with Crippen molar-refractivity contribution < 1.29 is 13.9 Å². The van der Waals surface area contributed by atoms with Crippen LogP contribution in [0.2, 0.25) is 0 Å². The Hall–Kier alpha value is -2.89. The normalized spacial score (nSPS) is 10.9. The molecule has 0 saturated carbocycles. The first kappa shape index (κ1) is 15.0. The van der Waals surface area contributed by atoms with Crippen molar-refractivity contribution in [2.75, 3.05) is 0 Å². The van der Waals surface area contributed by atoms with Gasteiger partial charge < -0.3 is 13.6 Å². The molecule has 6 heteroatoms. The second kappa shape index (κ2) is 5.72. The molecule has 0 aliphatic rings. The lowest BCUT2D eigenvalue weighted by Gasteiger charge is -2.07. The number of aromatic nitrogens is 2. The molecule has 0 radical (unpaired) electrons. The third-order valence-corrected chi connectivity index (χ3v) is 3.54. The van der Waals surface area contributed by atoms with Crippen LogP contribution in [0.15, 0.2) is 39.8 Å². The van der Waals surface area contributed by atoms with E-state index in [1.807, 2.05) is 35.9 Å². The average Bonchev–Trinajstić information content (AvgIpc) is 2.86. The van der Waals surface area contributed by atoms with Crippen molar-refractivity contribution in [1.29, 1.82) is 0 Å². The molecule has 0 amide bonds. The second-order valence-corrected chi connectivity index (χ2v) is 5.46. The predicted molar refractivity (Wildman–Crippen MR) is 83.5 cm³/mol. The molecule has 3 aromatic rings. The highest BCUT2D eigenvalue weighted by Gasteiger charge is 2.17. The van der Waals surface area contributed by atoms with Gasteiger partial charge in [0.15, 0.2) is 0 Å². The third-order valence-electron chi connectivity index (χ3n) is 3.54. The van der Waals surface area contributed by atoms with Crippen LogP contribution in [0.5, 0.6) is 0 Å². The molecule has 0 spiro atoms. The summed E-state index contributed by atoms with van der Waals surface area (Å²) in [7, 11) is 0. The molecule has 0 saturated heterocycles. The van der Waals surface area contributed by atoms with E-state index in [0.29, 0.717) is 11.3 Å². The minimum absolute atomic E-state index is 0.0531. The third kappa shape index (κ3) is 3.01. The minimum atomic E-state index is -0.531. The van der Waals surface area contributed by atoms with E-state index in [-0.39, 0.29) is 17.9 Å². The summed E-state index contributed by atoms with van der Waals surface area (Å²) in [5.74, 6) is -0.275. The monoisotopic (exact) mass is 312 g/mol. The first-order valence-corrected chi connectivity index (χ1v) is 7.17. The van der Waals surface area contributed by atoms with Crippen molar-refractivity contribution in [2.24, 2.45) is 0 Å². The van der Waals surface area contributed by atoms with Gasteiger partial charge in [-0.25, -0.2) is 14.6 Å². The summed E-state index contributed by atoms with van der Waals surface area (Å²) in [6.07, 6.45) is 3.77. The molecule has 0 aliphatic carbocycles. The number of imidazole rings is 1. The Labute approximate surface area is 132 Å². The number of carbonyl (C=O) groups is 1. The van der Waals surface area contributed by atoms with E-state index < -0.39 is 11.6 Å². The first-order valence-electron chi connectivity index (χ1n) is 7.17. The van der Waals surface area contributed by atoms with Gasteiger partial charge in [-0.15, -0.1) is 0 Å². The zero-order valence-corrected chi connectivity index (χ0v) is 13.1. The van der Waals surface area contributed by atoms with Crippen molar-refractivity contribution in [3.8, 4) is 0 Å². The van der Waals surface area contributed by atoms with E-state index in [4.69, 9.17) is 9.15 Å². The summed E-state index contributed by atoms with van der Waals surface area (Å²) < 4.78 is 12.1. The fourth-order valence-corrected chi connectivity index (χ4v) is 2.50. The van der Waals surface area contributed by atoms with Crippen LogP contribution >= 0.6 is 0 Å². The Balaban J connectivity index is 1.79. The average molecular weight is 312 g/mol. The number of aryl methyl sites for hydroxylation is 3. The summed E-state index contributed by atoms with van der Waals surface area (Å²) in [5.41, 5.74) is 2.89. The van der Waals surface area contributed by atoms with Gasteiger partial charge in [0, 0.05) is 18.5 Å². The van der Waals surface area contributed by atoms with Crippen LogP contribution in [0.4, 0.5) is 0 Å². The van der Waals surface area contributed by atoms with Gasteiger partial charge >= 0.3 is 11.6 Å². The molecule has 6 nitrogen and oxygen atoms in total. The maximum Gasteiger partial charge on any atom is 0.342 e. The molecular weight excluding hydrogens is 296 g/mol. The zero-order chi connectivity index (χ0) is 16.6. The Morgan fingerprint density at radius 1 is 1.26 bits per heavy atom. The summed E-state index contributed by atoms with van der Waals surface area (Å²) in [6, 6.07) is 5.15. The smallest absolute Gasteiger partial charge is 0.342 e. The lowest BCUT2D eigenvalue weighted by Crippen LogP contribution is -2.12. The van der Waals surface area contributed by atoms with Gasteiger partial charge in [0.2, 0.25) is 0 Å². The van der Waals surface area contributed by atoms with Gasteiger partial charge in [-0.05, 0) is 38.0 Å². The quantitative estimate of drug-likeness (QED) is 0.695. The number of nitrogens with zero attached hydrogens (tertiary/aromatic N) is 2. The molecule has 23 heavy (non-hydrogen) atoms. The molecule has 0 unspecified atom stereocenters. The molecule has 0 bridgehead atoms. The summed E-state index contributed by atoms with van der Waals surface area (Å²) in [4.78, 5) is 27.9. The van der Waals surface area contributed by atoms with Gasteiger partial charge in [0.1, 0.15) is 23.6 Å². The highest BCUT2D eigenvalue weighted by molar-refractivity contribution is 5.91. The number of rotatable bonds is 3. The number of hydrogen-bond acceptors (Lipinski definition) is 5. The van der Waals surface area contributed by atoms with Gasteiger partial charge in [-0.3, -0.25) is 0 Å². The fourth-order valence-electron chi connectivity index (χ4n) is 2.50. The molecule has 0 fully saturated rings. The summed E-state index contributed by atoms with van der Waals surface area (Å²) in [5, 5.41) is 0. The topological polar surface area (TPSA) is 73.8 Å². The SMILES string of the molecule is Cc1ccc2nc(COC(=O)c3c(C)cc(=O)oc3C)cn2c1. The van der Waals surface area contributed by atoms with Gasteiger partial charge in [0.25, 0.3) is 0 Å².